The molecule has 0 unspecified atom stereocenters. The molecule has 0 atom stereocenters. The SMILES string of the molecule is CCCCCCc1ccc(C#CCCN=[N+]=[N-])cc1. The Morgan fingerprint density at radius 1 is 1.16 bits per heavy atom. The van der Waals surface area contributed by atoms with Crippen LogP contribution >= 0.6 is 0 Å². The average Bonchev–Trinajstić information content (AvgIpc) is 2.45. The molecule has 1 rings (SSSR count). The minimum Gasteiger partial charge on any atom is -0.0978 e. The maximum Gasteiger partial charge on any atom is 0.0367 e. The molecule has 100 valence electrons. The molecule has 0 saturated heterocycles. The molecule has 1 aromatic carbocycles. The van der Waals surface area contributed by atoms with Gasteiger partial charge in [0.15, 0.2) is 0 Å². The molecule has 0 N–H and O–H groups in total. The Morgan fingerprint density at radius 3 is 2.63 bits per heavy atom. The van der Waals surface area contributed by atoms with Crippen LogP contribution < -0.4 is 0 Å². The molecule has 3 nitrogen and oxygen atoms in total. The second-order valence-electron chi connectivity index (χ2n) is 4.51. The molecule has 0 heterocycles. The van der Waals surface area contributed by atoms with Crippen molar-refractivity contribution < 1.29 is 0 Å². The molecular formula is C16H21N3. The lowest BCUT2D eigenvalue weighted by Crippen LogP contribution is -1.86. The van der Waals surface area contributed by atoms with Crippen LogP contribution in [0.2, 0.25) is 0 Å². The molecule has 0 saturated carbocycles. The zero-order valence-corrected chi connectivity index (χ0v) is 11.6. The van der Waals surface area contributed by atoms with Gasteiger partial charge in [0.1, 0.15) is 0 Å². The van der Waals surface area contributed by atoms with Crippen LogP contribution in [0.4, 0.5) is 0 Å². The molecule has 1 aromatic rings. The zero-order valence-electron chi connectivity index (χ0n) is 11.6. The highest BCUT2D eigenvalue weighted by atomic mass is 15.1. The normalized spacial score (nSPS) is 9.32. The number of unbranched alkanes of at least 4 members (excludes halogenated alkanes) is 3. The van der Waals surface area contributed by atoms with E-state index in [0.717, 1.165) is 12.0 Å². The van der Waals surface area contributed by atoms with Crippen LogP contribution in [0.3, 0.4) is 0 Å². The molecule has 3 heteroatoms. The van der Waals surface area contributed by atoms with E-state index in [1.807, 2.05) is 0 Å². The van der Waals surface area contributed by atoms with Gasteiger partial charge in [0.05, 0.1) is 0 Å². The van der Waals surface area contributed by atoms with Gasteiger partial charge in [-0.3, -0.25) is 0 Å². The summed E-state index contributed by atoms with van der Waals surface area (Å²) in [6, 6.07) is 8.44. The van der Waals surface area contributed by atoms with Gasteiger partial charge >= 0.3 is 0 Å². The minimum atomic E-state index is 0.443. The quantitative estimate of drug-likeness (QED) is 0.220. The highest BCUT2D eigenvalue weighted by Crippen LogP contribution is 2.09. The fourth-order valence-corrected chi connectivity index (χ4v) is 1.83. The summed E-state index contributed by atoms with van der Waals surface area (Å²) in [5.74, 6) is 6.07. The van der Waals surface area contributed by atoms with Crippen LogP contribution in [0.1, 0.15) is 50.2 Å². The van der Waals surface area contributed by atoms with E-state index in [-0.39, 0.29) is 0 Å². The summed E-state index contributed by atoms with van der Waals surface area (Å²) in [5, 5.41) is 3.44. The Labute approximate surface area is 115 Å². The first kappa shape index (κ1) is 15.1. The van der Waals surface area contributed by atoms with Gasteiger partial charge in [-0.1, -0.05) is 55.3 Å². The summed E-state index contributed by atoms with van der Waals surface area (Å²) in [6.07, 6.45) is 6.97. The zero-order chi connectivity index (χ0) is 13.8. The van der Waals surface area contributed by atoms with E-state index in [0.29, 0.717) is 13.0 Å². The Hall–Kier alpha value is -1.91. The maximum atomic E-state index is 8.13. The first-order chi connectivity index (χ1) is 9.36. The number of azide groups is 1. The van der Waals surface area contributed by atoms with Gasteiger partial charge in [-0.2, -0.15) is 0 Å². The van der Waals surface area contributed by atoms with Crippen molar-refractivity contribution in [1.29, 1.82) is 0 Å². The molecule has 0 aromatic heterocycles. The molecule has 0 radical (unpaired) electrons. The van der Waals surface area contributed by atoms with Crippen molar-refractivity contribution in [1.82, 2.24) is 0 Å². The first-order valence-corrected chi connectivity index (χ1v) is 6.95. The lowest BCUT2D eigenvalue weighted by Gasteiger charge is -2.01. The summed E-state index contributed by atoms with van der Waals surface area (Å²) >= 11 is 0. The van der Waals surface area contributed by atoms with Gasteiger partial charge < -0.3 is 0 Å². The van der Waals surface area contributed by atoms with E-state index < -0.39 is 0 Å². The third-order valence-electron chi connectivity index (χ3n) is 2.91. The summed E-state index contributed by atoms with van der Waals surface area (Å²) in [6.45, 7) is 2.68. The molecule has 0 spiro atoms. The number of hydrogen-bond acceptors (Lipinski definition) is 1. The number of hydrogen-bond donors (Lipinski definition) is 0. The monoisotopic (exact) mass is 255 g/mol. The fraction of sp³-hybridized carbons (Fsp3) is 0.500. The number of benzene rings is 1. The van der Waals surface area contributed by atoms with E-state index in [9.17, 15) is 0 Å². The van der Waals surface area contributed by atoms with Crippen molar-refractivity contribution in [2.24, 2.45) is 5.11 Å². The largest absolute Gasteiger partial charge is 0.0978 e. The standard InChI is InChI=1S/C16H21N3/c1-2-3-4-5-8-15-10-12-16(13-11-15)9-6-7-14-18-19-17/h10-13H,2-5,7-8,14H2,1H3. The Morgan fingerprint density at radius 2 is 1.95 bits per heavy atom. The molecule has 0 aliphatic heterocycles. The maximum absolute atomic E-state index is 8.13. The topological polar surface area (TPSA) is 48.8 Å². The van der Waals surface area contributed by atoms with Crippen molar-refractivity contribution in [3.63, 3.8) is 0 Å². The van der Waals surface area contributed by atoms with E-state index in [2.05, 4.69) is 53.1 Å². The van der Waals surface area contributed by atoms with E-state index in [1.54, 1.807) is 0 Å². The Balaban J connectivity index is 2.36. The second kappa shape index (κ2) is 10.1. The van der Waals surface area contributed by atoms with Gasteiger partial charge in [-0.05, 0) is 36.1 Å². The Bertz CT molecular complexity index is 459. The molecular weight excluding hydrogens is 234 g/mol. The molecule has 0 bridgehead atoms. The predicted molar refractivity (Wildman–Crippen MR) is 79.8 cm³/mol. The van der Waals surface area contributed by atoms with Gasteiger partial charge in [0.25, 0.3) is 0 Å². The summed E-state index contributed by atoms with van der Waals surface area (Å²) in [7, 11) is 0. The van der Waals surface area contributed by atoms with Gasteiger partial charge in [-0.25, -0.2) is 0 Å². The van der Waals surface area contributed by atoms with Crippen LogP contribution in [0.15, 0.2) is 29.4 Å². The van der Waals surface area contributed by atoms with Crippen LogP contribution in [0, 0.1) is 11.8 Å². The van der Waals surface area contributed by atoms with Gasteiger partial charge in [0, 0.05) is 23.4 Å². The smallest absolute Gasteiger partial charge is 0.0367 e. The van der Waals surface area contributed by atoms with Crippen LogP contribution in [0.5, 0.6) is 0 Å². The van der Waals surface area contributed by atoms with Crippen molar-refractivity contribution >= 4 is 0 Å². The second-order valence-corrected chi connectivity index (χ2v) is 4.51. The Kier molecular flexibility index (Phi) is 8.02. The lowest BCUT2D eigenvalue weighted by molar-refractivity contribution is 0.667. The highest BCUT2D eigenvalue weighted by Gasteiger charge is 1.93. The van der Waals surface area contributed by atoms with Crippen molar-refractivity contribution in [2.45, 2.75) is 45.4 Å². The molecule has 0 aliphatic rings. The molecule has 0 aliphatic carbocycles. The lowest BCUT2D eigenvalue weighted by atomic mass is 10.0. The van der Waals surface area contributed by atoms with Crippen molar-refractivity contribution in [2.75, 3.05) is 6.54 Å². The van der Waals surface area contributed by atoms with E-state index in [4.69, 9.17) is 5.53 Å². The van der Waals surface area contributed by atoms with Crippen LogP contribution in [-0.2, 0) is 6.42 Å². The number of nitrogens with zero attached hydrogens (tertiary/aromatic N) is 3. The molecule has 19 heavy (non-hydrogen) atoms. The number of aryl methyl sites for hydroxylation is 1. The average molecular weight is 255 g/mol. The number of rotatable bonds is 7. The fourth-order valence-electron chi connectivity index (χ4n) is 1.83. The van der Waals surface area contributed by atoms with E-state index in [1.165, 1.54) is 31.2 Å². The summed E-state index contributed by atoms with van der Waals surface area (Å²) in [4.78, 5) is 2.69. The summed E-state index contributed by atoms with van der Waals surface area (Å²) < 4.78 is 0. The van der Waals surface area contributed by atoms with Crippen molar-refractivity contribution in [3.8, 4) is 11.8 Å². The highest BCUT2D eigenvalue weighted by molar-refractivity contribution is 5.36. The third-order valence-corrected chi connectivity index (χ3v) is 2.91. The minimum absolute atomic E-state index is 0.443. The predicted octanol–water partition coefficient (Wildman–Crippen LogP) is 4.86. The van der Waals surface area contributed by atoms with Crippen LogP contribution in [0.25, 0.3) is 10.4 Å². The van der Waals surface area contributed by atoms with E-state index >= 15 is 0 Å². The summed E-state index contributed by atoms with van der Waals surface area (Å²) in [5.41, 5.74) is 10.5. The van der Waals surface area contributed by atoms with Crippen LogP contribution in [-0.4, -0.2) is 6.54 Å². The molecule has 0 amide bonds. The third kappa shape index (κ3) is 7.18. The molecule has 0 fully saturated rings. The first-order valence-electron chi connectivity index (χ1n) is 6.95. The van der Waals surface area contributed by atoms with Gasteiger partial charge in [0.2, 0.25) is 0 Å². The van der Waals surface area contributed by atoms with Crippen molar-refractivity contribution in [3.05, 3.63) is 45.8 Å². The van der Waals surface area contributed by atoms with Gasteiger partial charge in [-0.15, -0.1) is 0 Å².